The normalized spacial score (nSPS) is 15.9. The summed E-state index contributed by atoms with van der Waals surface area (Å²) in [5.74, 6) is 1.15. The van der Waals surface area contributed by atoms with E-state index in [1.807, 2.05) is 65.1 Å². The smallest absolute Gasteiger partial charge is 0.123 e. The first-order valence-electron chi connectivity index (χ1n) is 14.0. The molecule has 1 aromatic rings. The second kappa shape index (κ2) is 23.4. The first kappa shape index (κ1) is 35.2. The average Bonchev–Trinajstić information content (AvgIpc) is 2.96. The maximum absolute atomic E-state index is 13.4. The van der Waals surface area contributed by atoms with Crippen LogP contribution < -0.4 is 5.32 Å². The molecule has 1 heterocycles. The van der Waals surface area contributed by atoms with Crippen molar-refractivity contribution in [1.29, 1.82) is 0 Å². The van der Waals surface area contributed by atoms with Gasteiger partial charge in [-0.05, 0) is 94.6 Å². The fraction of sp³-hybridized carbons (Fsp3) is 0.485. The van der Waals surface area contributed by atoms with Crippen molar-refractivity contribution in [2.24, 2.45) is 10.9 Å². The number of halogens is 1. The van der Waals surface area contributed by atoms with Gasteiger partial charge in [0, 0.05) is 13.6 Å². The van der Waals surface area contributed by atoms with Crippen molar-refractivity contribution in [1.82, 2.24) is 10.2 Å². The highest BCUT2D eigenvalue weighted by molar-refractivity contribution is 5.99. The molecule has 1 unspecified atom stereocenters. The summed E-state index contributed by atoms with van der Waals surface area (Å²) in [5, 5.41) is 3.70. The van der Waals surface area contributed by atoms with Crippen LogP contribution in [0, 0.1) is 11.7 Å². The number of allylic oxidation sites excluding steroid dienone is 6. The molecule has 1 fully saturated rings. The zero-order valence-corrected chi connectivity index (χ0v) is 24.8. The van der Waals surface area contributed by atoms with E-state index in [2.05, 4.69) is 47.4 Å². The van der Waals surface area contributed by atoms with Gasteiger partial charge in [0.15, 0.2) is 0 Å². The molecular formula is C33H52FN3O. The molecule has 212 valence electrons. The van der Waals surface area contributed by atoms with E-state index in [0.717, 1.165) is 62.5 Å². The van der Waals surface area contributed by atoms with Crippen LogP contribution in [0.3, 0.4) is 0 Å². The lowest BCUT2D eigenvalue weighted by Crippen LogP contribution is -2.40. The zero-order valence-electron chi connectivity index (χ0n) is 24.8. The Morgan fingerprint density at radius 2 is 1.79 bits per heavy atom. The van der Waals surface area contributed by atoms with Crippen LogP contribution in [-0.2, 0) is 4.74 Å². The van der Waals surface area contributed by atoms with Gasteiger partial charge in [-0.3, -0.25) is 9.89 Å². The maximum atomic E-state index is 13.4. The van der Waals surface area contributed by atoms with Crippen LogP contribution in [0.4, 0.5) is 4.39 Å². The Hall–Kier alpha value is -2.76. The van der Waals surface area contributed by atoms with Gasteiger partial charge in [-0.1, -0.05) is 70.4 Å². The molecule has 0 amide bonds. The highest BCUT2D eigenvalue weighted by Gasteiger charge is 2.22. The quantitative estimate of drug-likeness (QED) is 0.122. The van der Waals surface area contributed by atoms with Gasteiger partial charge in [0.05, 0.1) is 11.8 Å². The highest BCUT2D eigenvalue weighted by Crippen LogP contribution is 2.21. The Kier molecular flexibility index (Phi) is 21.7. The Morgan fingerprint density at radius 3 is 2.29 bits per heavy atom. The van der Waals surface area contributed by atoms with Crippen molar-refractivity contribution >= 4 is 5.71 Å². The van der Waals surface area contributed by atoms with Crippen LogP contribution in [0.5, 0.6) is 0 Å². The van der Waals surface area contributed by atoms with Crippen LogP contribution in [0.2, 0.25) is 0 Å². The lowest BCUT2D eigenvalue weighted by Gasteiger charge is -2.33. The maximum Gasteiger partial charge on any atom is 0.123 e. The molecule has 38 heavy (non-hydrogen) atoms. The minimum absolute atomic E-state index is 0.0381. The van der Waals surface area contributed by atoms with E-state index in [9.17, 15) is 4.39 Å². The van der Waals surface area contributed by atoms with Crippen LogP contribution in [-0.4, -0.2) is 50.4 Å². The van der Waals surface area contributed by atoms with E-state index in [-0.39, 0.29) is 11.9 Å². The molecule has 0 spiro atoms. The third kappa shape index (κ3) is 14.8. The standard InChI is InChI=1S/C27H38FN3O.C4H8.C2H6/c1-5-8-10-26(29-4)27(23-11-13-24(28)14-12-23)30-21-22-15-17-31(18-16-22)19-20-32-25(7-3)9-6-2;1-3-4-2;1-2/h6-14,22,27,30H,2-3,5,15-21H2,1,4H3;3-4H,1-2H3;1-2H3/b10-8-,25-9+,29-26?;4-3-;. The molecule has 4 nitrogen and oxygen atoms in total. The molecule has 5 heteroatoms. The summed E-state index contributed by atoms with van der Waals surface area (Å²) < 4.78 is 19.2. The zero-order chi connectivity index (χ0) is 28.6. The molecule has 1 aliphatic rings. The van der Waals surface area contributed by atoms with Gasteiger partial charge in [-0.15, -0.1) is 0 Å². The third-order valence-corrected chi connectivity index (χ3v) is 6.09. The Labute approximate surface area is 232 Å². The van der Waals surface area contributed by atoms with Crippen LogP contribution in [0.1, 0.15) is 65.5 Å². The second-order valence-electron chi connectivity index (χ2n) is 8.66. The molecule has 0 aromatic heterocycles. The SMILES string of the molecule is C/C=C\C.C=C/C=C(\C=C)OCCN1CCC(CNC(C(/C=C\CC)=NC)c2ccc(F)cc2)CC1.CC. The van der Waals surface area contributed by atoms with E-state index in [1.54, 1.807) is 12.2 Å². The van der Waals surface area contributed by atoms with E-state index < -0.39 is 0 Å². The predicted molar refractivity (Wildman–Crippen MR) is 165 cm³/mol. The van der Waals surface area contributed by atoms with Gasteiger partial charge in [-0.2, -0.15) is 0 Å². The second-order valence-corrected chi connectivity index (χ2v) is 8.66. The van der Waals surface area contributed by atoms with Crippen molar-refractivity contribution in [3.63, 3.8) is 0 Å². The van der Waals surface area contributed by atoms with Crippen molar-refractivity contribution in [3.8, 4) is 0 Å². The topological polar surface area (TPSA) is 36.9 Å². The number of nitrogens with zero attached hydrogens (tertiary/aromatic N) is 2. The summed E-state index contributed by atoms with van der Waals surface area (Å²) in [6.07, 6.45) is 16.7. The summed E-state index contributed by atoms with van der Waals surface area (Å²) in [5.41, 5.74) is 2.01. The van der Waals surface area contributed by atoms with Gasteiger partial charge >= 0.3 is 0 Å². The summed E-state index contributed by atoms with van der Waals surface area (Å²) in [7, 11) is 1.82. The number of nitrogens with one attached hydrogen (secondary N) is 1. The summed E-state index contributed by atoms with van der Waals surface area (Å²) in [6, 6.07) is 6.69. The molecule has 0 bridgehead atoms. The van der Waals surface area contributed by atoms with Crippen LogP contribution in [0.15, 0.2) is 90.7 Å². The van der Waals surface area contributed by atoms with Crippen molar-refractivity contribution < 1.29 is 9.13 Å². The van der Waals surface area contributed by atoms with Gasteiger partial charge < -0.3 is 10.1 Å². The monoisotopic (exact) mass is 525 g/mol. The molecule has 1 atom stereocenters. The molecule has 1 aromatic carbocycles. The fourth-order valence-corrected chi connectivity index (χ4v) is 3.87. The number of hydrogen-bond acceptors (Lipinski definition) is 4. The van der Waals surface area contributed by atoms with Gasteiger partial charge in [-0.25, -0.2) is 4.39 Å². The molecular weight excluding hydrogens is 473 g/mol. The molecule has 0 radical (unpaired) electrons. The van der Waals surface area contributed by atoms with Crippen molar-refractivity contribution in [3.05, 3.63) is 97.1 Å². The van der Waals surface area contributed by atoms with Gasteiger partial charge in [0.2, 0.25) is 0 Å². The summed E-state index contributed by atoms with van der Waals surface area (Å²) >= 11 is 0. The molecule has 1 aliphatic heterocycles. The Bertz CT molecular complexity index is 859. The van der Waals surface area contributed by atoms with E-state index in [0.29, 0.717) is 12.5 Å². The van der Waals surface area contributed by atoms with E-state index >= 15 is 0 Å². The lowest BCUT2D eigenvalue weighted by atomic mass is 9.95. The number of ether oxygens (including phenoxy) is 1. The average molecular weight is 526 g/mol. The van der Waals surface area contributed by atoms with Gasteiger partial charge in [0.25, 0.3) is 0 Å². The van der Waals surface area contributed by atoms with E-state index in [1.165, 1.54) is 12.1 Å². The van der Waals surface area contributed by atoms with Crippen LogP contribution >= 0.6 is 0 Å². The molecule has 0 aliphatic carbocycles. The fourth-order valence-electron chi connectivity index (χ4n) is 3.87. The lowest BCUT2D eigenvalue weighted by molar-refractivity contribution is 0.130. The molecule has 0 saturated carbocycles. The largest absolute Gasteiger partial charge is 0.492 e. The molecule has 2 rings (SSSR count). The number of likely N-dealkylation sites (tertiary alicyclic amines) is 1. The number of rotatable bonds is 13. The molecule has 1 saturated heterocycles. The van der Waals surface area contributed by atoms with Crippen molar-refractivity contribution in [2.45, 2.75) is 59.9 Å². The first-order valence-corrected chi connectivity index (χ1v) is 14.0. The van der Waals surface area contributed by atoms with Crippen LogP contribution in [0.25, 0.3) is 0 Å². The number of piperidine rings is 1. The predicted octanol–water partition coefficient (Wildman–Crippen LogP) is 8.09. The Morgan fingerprint density at radius 1 is 1.16 bits per heavy atom. The minimum Gasteiger partial charge on any atom is -0.492 e. The summed E-state index contributed by atoms with van der Waals surface area (Å²) in [6.45, 7) is 22.2. The minimum atomic E-state index is -0.219. The number of benzene rings is 1. The highest BCUT2D eigenvalue weighted by atomic mass is 19.1. The number of aliphatic imine (C=N–C) groups is 1. The Balaban J connectivity index is 0.00000208. The third-order valence-electron chi connectivity index (χ3n) is 6.09. The van der Waals surface area contributed by atoms with E-state index in [4.69, 9.17) is 4.74 Å². The van der Waals surface area contributed by atoms with Gasteiger partial charge in [0.1, 0.15) is 18.2 Å². The number of hydrogen-bond donors (Lipinski definition) is 1. The van der Waals surface area contributed by atoms with Crippen molar-refractivity contribution in [2.75, 3.05) is 39.8 Å². The summed E-state index contributed by atoms with van der Waals surface area (Å²) in [4.78, 5) is 6.95. The molecule has 1 N–H and O–H groups in total. The first-order chi connectivity index (χ1) is 18.5.